The van der Waals surface area contributed by atoms with Crippen LogP contribution >= 0.6 is 0 Å². The van der Waals surface area contributed by atoms with E-state index < -0.39 is 85.8 Å². The first kappa shape index (κ1) is 40.2. The first-order valence-electron chi connectivity index (χ1n) is 14.6. The average Bonchev–Trinajstić information content (AvgIpc) is 3.05. The molecule has 2 aliphatic heterocycles. The van der Waals surface area contributed by atoms with Gasteiger partial charge in [0.25, 0.3) is 0 Å². The smallest absolute Gasteiger partial charge is 0.187 e. The molecule has 0 amide bonds. The second kappa shape index (κ2) is 21.1. The van der Waals surface area contributed by atoms with Crippen LogP contribution in [0, 0.1) is 0 Å². The monoisotopic (exact) mass is 658 g/mol. The topological polar surface area (TPSA) is 156 Å². The summed E-state index contributed by atoms with van der Waals surface area (Å²) >= 11 is 0. The van der Waals surface area contributed by atoms with E-state index in [-0.39, 0.29) is 19.8 Å². The van der Waals surface area contributed by atoms with Gasteiger partial charge < -0.3 is 75.8 Å². The van der Waals surface area contributed by atoms with Crippen molar-refractivity contribution in [1.29, 1.82) is 0 Å². The SMILES string of the molecule is COCC(OC)C(OC1OC(COC)C(OC2O[C@H](COC)[C@@H](OC)[C@H](OC)[C@H]2OC)C(OC)C1OC)C(OC)C(C=O)OC. The number of carbonyl (C=O) groups is 1. The molecule has 0 aromatic heterocycles. The first-order chi connectivity index (χ1) is 21.8. The van der Waals surface area contributed by atoms with E-state index in [2.05, 4.69) is 0 Å². The fourth-order valence-electron chi connectivity index (χ4n) is 5.92. The lowest BCUT2D eigenvalue weighted by molar-refractivity contribution is -0.375. The molecule has 266 valence electrons. The first-order valence-corrected chi connectivity index (χ1v) is 14.6. The van der Waals surface area contributed by atoms with E-state index in [0.29, 0.717) is 6.29 Å². The molecule has 2 fully saturated rings. The summed E-state index contributed by atoms with van der Waals surface area (Å²) < 4.78 is 88.1. The van der Waals surface area contributed by atoms with Crippen LogP contribution in [-0.4, -0.2) is 190 Å². The van der Waals surface area contributed by atoms with Gasteiger partial charge in [-0.1, -0.05) is 0 Å². The molecule has 0 radical (unpaired) electrons. The van der Waals surface area contributed by atoms with Gasteiger partial charge in [-0.05, 0) is 0 Å². The highest BCUT2D eigenvalue weighted by Gasteiger charge is 2.54. The number of carbonyl (C=O) groups excluding carboxylic acids is 1. The maximum absolute atomic E-state index is 11.9. The molecular formula is C29H54O16. The fraction of sp³-hybridized carbons (Fsp3) is 0.966. The van der Waals surface area contributed by atoms with Crippen LogP contribution in [0.1, 0.15) is 0 Å². The number of hydrogen-bond donors (Lipinski definition) is 0. The zero-order valence-corrected chi connectivity index (χ0v) is 28.3. The van der Waals surface area contributed by atoms with Crippen molar-refractivity contribution in [3.8, 4) is 0 Å². The van der Waals surface area contributed by atoms with Crippen molar-refractivity contribution in [2.24, 2.45) is 0 Å². The Hall–Kier alpha value is -0.930. The summed E-state index contributed by atoms with van der Waals surface area (Å²) in [7, 11) is 16.6. The van der Waals surface area contributed by atoms with Crippen LogP contribution in [0.2, 0.25) is 0 Å². The molecule has 2 heterocycles. The summed E-state index contributed by atoms with van der Waals surface area (Å²) in [5.74, 6) is 0. The van der Waals surface area contributed by atoms with E-state index in [0.717, 1.165) is 0 Å². The summed E-state index contributed by atoms with van der Waals surface area (Å²) in [6, 6.07) is 0. The molecule has 2 saturated heterocycles. The largest absolute Gasteiger partial charge is 0.382 e. The Morgan fingerprint density at radius 3 is 1.51 bits per heavy atom. The van der Waals surface area contributed by atoms with Crippen molar-refractivity contribution in [2.45, 2.75) is 85.8 Å². The van der Waals surface area contributed by atoms with E-state index in [9.17, 15) is 4.79 Å². The highest BCUT2D eigenvalue weighted by atomic mass is 16.8. The van der Waals surface area contributed by atoms with Gasteiger partial charge in [0.2, 0.25) is 0 Å². The Morgan fingerprint density at radius 2 is 1.07 bits per heavy atom. The Morgan fingerprint density at radius 1 is 0.556 bits per heavy atom. The van der Waals surface area contributed by atoms with Crippen LogP contribution in [0.5, 0.6) is 0 Å². The zero-order valence-electron chi connectivity index (χ0n) is 28.3. The normalized spacial score (nSPS) is 35.1. The van der Waals surface area contributed by atoms with Gasteiger partial charge in [0, 0.05) is 78.2 Å². The zero-order chi connectivity index (χ0) is 33.5. The third-order valence-electron chi connectivity index (χ3n) is 8.11. The summed E-state index contributed by atoms with van der Waals surface area (Å²) in [5.41, 5.74) is 0. The maximum Gasteiger partial charge on any atom is 0.187 e. The fourth-order valence-corrected chi connectivity index (χ4v) is 5.92. The minimum absolute atomic E-state index is 0.0836. The van der Waals surface area contributed by atoms with Gasteiger partial charge in [-0.3, -0.25) is 0 Å². The molecule has 2 rings (SSSR count). The Bertz CT molecular complexity index is 793. The molecule has 14 atom stereocenters. The van der Waals surface area contributed by atoms with Crippen LogP contribution in [-0.2, 0) is 75.8 Å². The Kier molecular flexibility index (Phi) is 18.9. The number of aldehydes is 1. The van der Waals surface area contributed by atoms with Gasteiger partial charge in [0.05, 0.1) is 19.8 Å². The van der Waals surface area contributed by atoms with Gasteiger partial charge in [0.1, 0.15) is 73.2 Å². The quantitative estimate of drug-likeness (QED) is 0.137. The van der Waals surface area contributed by atoms with Crippen molar-refractivity contribution >= 4 is 6.29 Å². The van der Waals surface area contributed by atoms with Crippen molar-refractivity contribution < 1.29 is 75.8 Å². The molecule has 0 N–H and O–H groups in total. The molecule has 16 nitrogen and oxygen atoms in total. The number of rotatable bonds is 22. The summed E-state index contributed by atoms with van der Waals surface area (Å²) in [4.78, 5) is 11.9. The van der Waals surface area contributed by atoms with Crippen molar-refractivity contribution in [3.05, 3.63) is 0 Å². The number of ether oxygens (including phenoxy) is 15. The van der Waals surface area contributed by atoms with E-state index in [1.165, 1.54) is 56.9 Å². The van der Waals surface area contributed by atoms with Gasteiger partial charge in [0.15, 0.2) is 18.9 Å². The predicted octanol–water partition coefficient (Wildman–Crippen LogP) is -0.535. The molecule has 0 aromatic rings. The summed E-state index contributed by atoms with van der Waals surface area (Å²) in [5, 5.41) is 0. The van der Waals surface area contributed by atoms with Crippen molar-refractivity contribution in [3.63, 3.8) is 0 Å². The highest BCUT2D eigenvalue weighted by Crippen LogP contribution is 2.35. The molecule has 16 heteroatoms. The third-order valence-corrected chi connectivity index (χ3v) is 8.11. The van der Waals surface area contributed by atoms with Gasteiger partial charge in [-0.2, -0.15) is 0 Å². The van der Waals surface area contributed by atoms with Crippen LogP contribution < -0.4 is 0 Å². The minimum atomic E-state index is -1.07. The molecule has 0 bridgehead atoms. The molecule has 0 aliphatic carbocycles. The summed E-state index contributed by atoms with van der Waals surface area (Å²) in [6.45, 7) is 0.417. The molecular weight excluding hydrogens is 604 g/mol. The highest BCUT2D eigenvalue weighted by molar-refractivity contribution is 5.57. The lowest BCUT2D eigenvalue weighted by atomic mass is 9.96. The van der Waals surface area contributed by atoms with E-state index in [1.807, 2.05) is 0 Å². The maximum atomic E-state index is 11.9. The minimum Gasteiger partial charge on any atom is -0.382 e. The van der Waals surface area contributed by atoms with Crippen molar-refractivity contribution in [2.75, 3.05) is 98.0 Å². The lowest BCUT2D eigenvalue weighted by Crippen LogP contribution is -2.67. The van der Waals surface area contributed by atoms with Crippen LogP contribution in [0.4, 0.5) is 0 Å². The van der Waals surface area contributed by atoms with Gasteiger partial charge >= 0.3 is 0 Å². The number of hydrogen-bond acceptors (Lipinski definition) is 16. The average molecular weight is 659 g/mol. The third kappa shape index (κ3) is 9.81. The molecule has 0 spiro atoms. The van der Waals surface area contributed by atoms with Gasteiger partial charge in [-0.25, -0.2) is 0 Å². The van der Waals surface area contributed by atoms with Crippen LogP contribution in [0.25, 0.3) is 0 Å². The molecule has 0 aromatic carbocycles. The molecule has 10 unspecified atom stereocenters. The molecule has 0 saturated carbocycles. The van der Waals surface area contributed by atoms with Crippen LogP contribution in [0.15, 0.2) is 0 Å². The Labute approximate surface area is 266 Å². The van der Waals surface area contributed by atoms with E-state index in [4.69, 9.17) is 71.1 Å². The molecule has 2 aliphatic rings. The second-order valence-corrected chi connectivity index (χ2v) is 10.5. The summed E-state index contributed by atoms with van der Waals surface area (Å²) in [6.07, 6.45) is -10.3. The second-order valence-electron chi connectivity index (χ2n) is 10.5. The predicted molar refractivity (Wildman–Crippen MR) is 155 cm³/mol. The number of methoxy groups -OCH3 is 11. The van der Waals surface area contributed by atoms with Crippen molar-refractivity contribution in [1.82, 2.24) is 0 Å². The van der Waals surface area contributed by atoms with Crippen LogP contribution in [0.3, 0.4) is 0 Å². The van der Waals surface area contributed by atoms with Gasteiger partial charge in [-0.15, -0.1) is 0 Å². The van der Waals surface area contributed by atoms with E-state index in [1.54, 1.807) is 21.3 Å². The molecule has 45 heavy (non-hydrogen) atoms. The Balaban J connectivity index is 2.48. The lowest BCUT2D eigenvalue weighted by Gasteiger charge is -2.50. The van der Waals surface area contributed by atoms with E-state index >= 15 is 0 Å². The standard InChI is InChI=1S/C29H54O16/c1-31-13-17(35-5)22(20(36-6)16(12-30)34-4)44-29-27(41-11)25(39-9)23(19(43-29)15-33-3)45-28-26(40-10)24(38-8)21(37-7)18(42-28)14-32-2/h12,16-29H,13-15H2,1-11H3/t16?,17?,18-,19?,20?,21-,22?,23?,24+,25?,26-,27?,28?,29?/m1/s1.